The third-order valence-corrected chi connectivity index (χ3v) is 2.60. The fraction of sp³-hybridized carbons (Fsp3) is 0.273. The summed E-state index contributed by atoms with van der Waals surface area (Å²) in [5.74, 6) is 3.16. The molecule has 0 amide bonds. The van der Waals surface area contributed by atoms with E-state index in [4.69, 9.17) is 12.2 Å². The van der Waals surface area contributed by atoms with Crippen LogP contribution in [0, 0.1) is 0 Å². The maximum Gasteiger partial charge on any atom is 0.325 e. The van der Waals surface area contributed by atoms with Gasteiger partial charge in [0.1, 0.15) is 6.54 Å². The minimum absolute atomic E-state index is 0.104. The molecule has 1 aromatic rings. The van der Waals surface area contributed by atoms with Crippen LogP contribution in [0.2, 0.25) is 0 Å². The minimum Gasteiger partial charge on any atom is -0.468 e. The molecule has 0 unspecified atom stereocenters. The van der Waals surface area contributed by atoms with E-state index in [1.165, 1.54) is 7.11 Å². The van der Waals surface area contributed by atoms with Gasteiger partial charge in [-0.15, -0.1) is 0 Å². The molecule has 1 aromatic carbocycles. The van der Waals surface area contributed by atoms with Crippen molar-refractivity contribution < 1.29 is 15.4 Å². The third kappa shape index (κ3) is 4.38. The van der Waals surface area contributed by atoms with Gasteiger partial charge in [-0.3, -0.25) is 10.6 Å². The van der Waals surface area contributed by atoms with Crippen LogP contribution in [0.25, 0.3) is 0 Å². The third-order valence-electron chi connectivity index (χ3n) is 2.20. The molecule has 1 rings (SSSR count). The van der Waals surface area contributed by atoms with E-state index in [1.54, 1.807) is 4.90 Å². The first kappa shape index (κ1) is 13.4. The minimum atomic E-state index is -0.335. The number of methoxy groups -OCH3 is 1. The number of ether oxygens (including phenoxy) is 1. The number of rotatable bonds is 4. The number of hydrogen-bond acceptors (Lipinski definition) is 3. The summed E-state index contributed by atoms with van der Waals surface area (Å²) in [5, 5.41) is 0.416. The van der Waals surface area contributed by atoms with E-state index in [2.05, 4.69) is 16.0 Å². The Hall–Kier alpha value is -1.66. The molecular formula is C11H16N3O2S+. The lowest BCUT2D eigenvalue weighted by molar-refractivity contribution is -0.420. The Morgan fingerprint density at radius 3 is 2.65 bits per heavy atom. The molecule has 0 aromatic heterocycles. The van der Waals surface area contributed by atoms with Gasteiger partial charge >= 0.3 is 5.97 Å². The van der Waals surface area contributed by atoms with Gasteiger partial charge in [-0.05, 0) is 17.8 Å². The van der Waals surface area contributed by atoms with Gasteiger partial charge in [-0.1, -0.05) is 30.3 Å². The second-order valence-corrected chi connectivity index (χ2v) is 3.79. The van der Waals surface area contributed by atoms with Gasteiger partial charge < -0.3 is 9.64 Å². The van der Waals surface area contributed by atoms with Crippen LogP contribution >= 0.6 is 12.2 Å². The Balaban J connectivity index is 2.70. The lowest BCUT2D eigenvalue weighted by Gasteiger charge is -2.22. The van der Waals surface area contributed by atoms with Gasteiger partial charge in [0.15, 0.2) is 0 Å². The zero-order valence-electron chi connectivity index (χ0n) is 9.68. The van der Waals surface area contributed by atoms with Crippen LogP contribution in [0.3, 0.4) is 0 Å². The molecular weight excluding hydrogens is 238 g/mol. The average molecular weight is 254 g/mol. The van der Waals surface area contributed by atoms with E-state index in [0.29, 0.717) is 11.7 Å². The normalized spacial score (nSPS) is 9.53. The van der Waals surface area contributed by atoms with Crippen molar-refractivity contribution in [3.63, 3.8) is 0 Å². The fourth-order valence-electron chi connectivity index (χ4n) is 1.34. The Labute approximate surface area is 106 Å². The van der Waals surface area contributed by atoms with E-state index in [0.717, 1.165) is 5.56 Å². The van der Waals surface area contributed by atoms with Crippen molar-refractivity contribution in [3.8, 4) is 0 Å². The molecule has 0 radical (unpaired) electrons. The summed E-state index contributed by atoms with van der Waals surface area (Å²) < 4.78 is 4.62. The van der Waals surface area contributed by atoms with E-state index in [-0.39, 0.29) is 12.5 Å². The summed E-state index contributed by atoms with van der Waals surface area (Å²) in [7, 11) is 1.35. The summed E-state index contributed by atoms with van der Waals surface area (Å²) in [4.78, 5) is 13.0. The number of carbonyl (C=O) groups is 1. The first-order chi connectivity index (χ1) is 8.17. The van der Waals surface area contributed by atoms with Crippen molar-refractivity contribution in [3.05, 3.63) is 35.9 Å². The molecule has 0 aliphatic heterocycles. The molecule has 92 valence electrons. The largest absolute Gasteiger partial charge is 0.468 e. The number of thiocarbonyl (C=S) groups is 1. The second-order valence-electron chi connectivity index (χ2n) is 3.40. The smallest absolute Gasteiger partial charge is 0.325 e. The first-order valence-electron chi connectivity index (χ1n) is 5.10. The van der Waals surface area contributed by atoms with E-state index in [9.17, 15) is 4.79 Å². The fourth-order valence-corrected chi connectivity index (χ4v) is 1.46. The van der Waals surface area contributed by atoms with Crippen molar-refractivity contribution in [1.29, 1.82) is 0 Å². The van der Waals surface area contributed by atoms with E-state index in [1.807, 2.05) is 30.3 Å². The van der Waals surface area contributed by atoms with Crippen molar-refractivity contribution in [2.24, 2.45) is 0 Å². The zero-order valence-corrected chi connectivity index (χ0v) is 10.5. The molecule has 0 spiro atoms. The Morgan fingerprint density at radius 2 is 2.12 bits per heavy atom. The molecule has 4 N–H and O–H groups in total. The van der Waals surface area contributed by atoms with Crippen LogP contribution in [-0.4, -0.2) is 29.6 Å². The molecule has 0 aliphatic carbocycles. The highest BCUT2D eigenvalue weighted by Gasteiger charge is 2.14. The molecule has 0 fully saturated rings. The molecule has 0 bridgehead atoms. The van der Waals surface area contributed by atoms with Gasteiger partial charge in [0, 0.05) is 6.54 Å². The van der Waals surface area contributed by atoms with Crippen molar-refractivity contribution in [2.75, 3.05) is 13.7 Å². The molecule has 5 nitrogen and oxygen atoms in total. The van der Waals surface area contributed by atoms with Crippen molar-refractivity contribution in [2.45, 2.75) is 6.54 Å². The van der Waals surface area contributed by atoms with Crippen LogP contribution in [0.15, 0.2) is 30.3 Å². The van der Waals surface area contributed by atoms with Crippen LogP contribution in [0.1, 0.15) is 5.56 Å². The summed E-state index contributed by atoms with van der Waals surface area (Å²) >= 11 is 5.09. The van der Waals surface area contributed by atoms with Crippen molar-refractivity contribution >= 4 is 23.3 Å². The average Bonchev–Trinajstić information content (AvgIpc) is 2.38. The Bertz CT molecular complexity index is 384. The number of nitrogens with zero attached hydrogens (tertiary/aromatic N) is 1. The van der Waals surface area contributed by atoms with Gasteiger partial charge in [-0.25, -0.2) is 5.43 Å². The molecule has 0 saturated carbocycles. The zero-order chi connectivity index (χ0) is 12.7. The quantitative estimate of drug-likeness (QED) is 0.438. The number of carbonyl (C=O) groups excluding carboxylic acids is 1. The number of nitrogens with one attached hydrogen (secondary N) is 1. The van der Waals surface area contributed by atoms with Gasteiger partial charge in [0.05, 0.1) is 7.11 Å². The molecule has 0 heterocycles. The van der Waals surface area contributed by atoms with Crippen LogP contribution in [0.5, 0.6) is 0 Å². The Morgan fingerprint density at radius 1 is 1.47 bits per heavy atom. The summed E-state index contributed by atoms with van der Waals surface area (Å²) in [6.45, 7) is 0.643. The first-order valence-corrected chi connectivity index (χ1v) is 5.51. The highest BCUT2D eigenvalue weighted by Crippen LogP contribution is 2.04. The summed E-state index contributed by atoms with van der Waals surface area (Å²) in [6.07, 6.45) is 0. The highest BCUT2D eigenvalue weighted by molar-refractivity contribution is 7.80. The highest BCUT2D eigenvalue weighted by atomic mass is 32.1. The monoisotopic (exact) mass is 254 g/mol. The van der Waals surface area contributed by atoms with Gasteiger partial charge in [-0.2, -0.15) is 0 Å². The summed E-state index contributed by atoms with van der Waals surface area (Å²) in [5.41, 5.74) is 3.68. The van der Waals surface area contributed by atoms with Crippen LogP contribution in [-0.2, 0) is 16.1 Å². The molecule has 0 aliphatic rings. The predicted octanol–water partition coefficient (Wildman–Crippen LogP) is -0.307. The second kappa shape index (κ2) is 6.82. The van der Waals surface area contributed by atoms with E-state index < -0.39 is 0 Å². The number of hydrogen-bond donors (Lipinski definition) is 2. The lowest BCUT2D eigenvalue weighted by atomic mass is 10.2. The van der Waals surface area contributed by atoms with Crippen molar-refractivity contribution in [1.82, 2.24) is 10.3 Å². The summed E-state index contributed by atoms with van der Waals surface area (Å²) in [6, 6.07) is 9.75. The number of quaternary nitrogens is 1. The molecule has 0 saturated heterocycles. The molecule has 17 heavy (non-hydrogen) atoms. The van der Waals surface area contributed by atoms with Crippen LogP contribution < -0.4 is 11.3 Å². The maximum absolute atomic E-state index is 11.3. The van der Waals surface area contributed by atoms with E-state index >= 15 is 0 Å². The number of esters is 1. The van der Waals surface area contributed by atoms with Crippen LogP contribution in [0.4, 0.5) is 0 Å². The SMILES string of the molecule is COC(=O)CN(Cc1ccccc1)C(=S)N[NH3+]. The predicted molar refractivity (Wildman–Crippen MR) is 67.5 cm³/mol. The van der Waals surface area contributed by atoms with Gasteiger partial charge in [0.25, 0.3) is 0 Å². The lowest BCUT2D eigenvalue weighted by Crippen LogP contribution is -2.69. The maximum atomic E-state index is 11.3. The molecule has 0 atom stereocenters. The molecule has 6 heteroatoms. The number of benzene rings is 1. The topological polar surface area (TPSA) is 69.2 Å². The standard InChI is InChI=1S/C11H15N3O2S/c1-16-10(15)8-14(11(17)13-12)7-9-5-3-2-4-6-9/h2-6H,7-8,12H2,1H3,(H,13,17)/p+1. The van der Waals surface area contributed by atoms with Gasteiger partial charge in [0.2, 0.25) is 5.11 Å². The Kier molecular flexibility index (Phi) is 5.38.